The summed E-state index contributed by atoms with van der Waals surface area (Å²) in [5, 5.41) is 9.50. The summed E-state index contributed by atoms with van der Waals surface area (Å²) in [4.78, 5) is 28.0. The summed E-state index contributed by atoms with van der Waals surface area (Å²) < 4.78 is 4.29. The van der Waals surface area contributed by atoms with Crippen molar-refractivity contribution in [3.63, 3.8) is 0 Å². The molecule has 1 aliphatic rings. The topological polar surface area (TPSA) is 71.6 Å². The van der Waals surface area contributed by atoms with E-state index in [2.05, 4.69) is 45.6 Å². The Kier molecular flexibility index (Phi) is 7.29. The van der Waals surface area contributed by atoms with Crippen molar-refractivity contribution in [1.29, 1.82) is 0 Å². The Bertz CT molecular complexity index is 1350. The van der Waals surface area contributed by atoms with Crippen molar-refractivity contribution in [1.82, 2.24) is 24.4 Å². The van der Waals surface area contributed by atoms with E-state index in [1.807, 2.05) is 28.8 Å². The van der Waals surface area contributed by atoms with E-state index in [1.165, 1.54) is 29.5 Å². The Morgan fingerprint density at radius 2 is 1.94 bits per heavy atom. The zero-order valence-corrected chi connectivity index (χ0v) is 21.1. The molecule has 0 saturated carbocycles. The van der Waals surface area contributed by atoms with Gasteiger partial charge in [-0.1, -0.05) is 37.3 Å². The number of piperidine rings is 1. The standard InChI is InChI=1S/C27H33N5O2S/c1-2-25-29-31(27(34)23-18-24-22(32(23)25)11-16-35-24)19-26(33)28-12-6-13-30-14-9-21(10-15-30)17-20-7-4-3-5-8-20/h3-5,7-8,11,16,18,21H,2,6,9-10,12-15,17,19H2,1H3,(H,28,33). The number of nitrogens with one attached hydrogen (secondary N) is 1. The molecule has 184 valence electrons. The minimum Gasteiger partial charge on any atom is -0.354 e. The number of aryl methyl sites for hydroxylation is 1. The number of nitrogens with zero attached hydrogens (tertiary/aromatic N) is 4. The second kappa shape index (κ2) is 10.7. The van der Waals surface area contributed by atoms with Crippen molar-refractivity contribution >= 4 is 33.0 Å². The first-order valence-corrected chi connectivity index (χ1v) is 13.5. The highest BCUT2D eigenvalue weighted by Gasteiger charge is 2.19. The summed E-state index contributed by atoms with van der Waals surface area (Å²) in [6, 6.07) is 14.7. The molecule has 0 bridgehead atoms. The molecule has 0 radical (unpaired) electrons. The molecule has 1 saturated heterocycles. The van der Waals surface area contributed by atoms with Gasteiger partial charge in [-0.2, -0.15) is 5.10 Å². The lowest BCUT2D eigenvalue weighted by atomic mass is 9.90. The second-order valence-electron chi connectivity index (χ2n) is 9.45. The summed E-state index contributed by atoms with van der Waals surface area (Å²) in [5.74, 6) is 1.39. The molecule has 0 unspecified atom stereocenters. The number of rotatable bonds is 9. The maximum atomic E-state index is 13.0. The van der Waals surface area contributed by atoms with Crippen LogP contribution in [0.2, 0.25) is 0 Å². The molecule has 1 aromatic carbocycles. The molecule has 4 aromatic rings. The first kappa shape index (κ1) is 23.8. The minimum absolute atomic E-state index is 0.0496. The normalized spacial score (nSPS) is 15.2. The van der Waals surface area contributed by atoms with Crippen LogP contribution in [-0.4, -0.2) is 51.2 Å². The molecule has 3 aromatic heterocycles. The number of hydrogen-bond donors (Lipinski definition) is 1. The molecular weight excluding hydrogens is 458 g/mol. The second-order valence-corrected chi connectivity index (χ2v) is 10.4. The number of likely N-dealkylation sites (tertiary alicyclic amines) is 1. The first-order chi connectivity index (χ1) is 17.1. The molecule has 5 rings (SSSR count). The summed E-state index contributed by atoms with van der Waals surface area (Å²) in [6.07, 6.45) is 5.22. The van der Waals surface area contributed by atoms with Crippen LogP contribution in [0.4, 0.5) is 0 Å². The van der Waals surface area contributed by atoms with Gasteiger partial charge >= 0.3 is 0 Å². The van der Waals surface area contributed by atoms with E-state index in [4.69, 9.17) is 0 Å². The molecule has 8 heteroatoms. The van der Waals surface area contributed by atoms with Crippen molar-refractivity contribution < 1.29 is 4.79 Å². The van der Waals surface area contributed by atoms with Crippen LogP contribution in [0.3, 0.4) is 0 Å². The number of amides is 1. The molecule has 1 aliphatic heterocycles. The fourth-order valence-corrected chi connectivity index (χ4v) is 5.95. The summed E-state index contributed by atoms with van der Waals surface area (Å²) >= 11 is 1.61. The number of carbonyl (C=O) groups is 1. The van der Waals surface area contributed by atoms with Gasteiger partial charge in [0, 0.05) is 13.0 Å². The van der Waals surface area contributed by atoms with E-state index < -0.39 is 0 Å². The van der Waals surface area contributed by atoms with Crippen LogP contribution in [0.1, 0.15) is 37.6 Å². The lowest BCUT2D eigenvalue weighted by Gasteiger charge is -2.32. The highest BCUT2D eigenvalue weighted by Crippen LogP contribution is 2.25. The van der Waals surface area contributed by atoms with Gasteiger partial charge in [-0.15, -0.1) is 11.3 Å². The van der Waals surface area contributed by atoms with Crippen molar-refractivity contribution in [2.45, 2.75) is 45.6 Å². The number of thiophene rings is 1. The Labute approximate surface area is 209 Å². The van der Waals surface area contributed by atoms with Crippen LogP contribution in [0.5, 0.6) is 0 Å². The van der Waals surface area contributed by atoms with E-state index in [0.29, 0.717) is 18.5 Å². The first-order valence-electron chi connectivity index (χ1n) is 12.6. The Morgan fingerprint density at radius 1 is 1.14 bits per heavy atom. The van der Waals surface area contributed by atoms with Crippen LogP contribution < -0.4 is 10.9 Å². The Balaban J connectivity index is 1.08. The maximum absolute atomic E-state index is 13.0. The van der Waals surface area contributed by atoms with Gasteiger partial charge in [0.2, 0.25) is 5.91 Å². The van der Waals surface area contributed by atoms with Crippen molar-refractivity contribution in [3.05, 3.63) is 69.6 Å². The third kappa shape index (κ3) is 5.33. The van der Waals surface area contributed by atoms with Gasteiger partial charge in [-0.05, 0) is 74.3 Å². The van der Waals surface area contributed by atoms with Crippen molar-refractivity contribution in [2.75, 3.05) is 26.2 Å². The van der Waals surface area contributed by atoms with Gasteiger partial charge < -0.3 is 10.2 Å². The fourth-order valence-electron chi connectivity index (χ4n) is 5.14. The molecule has 35 heavy (non-hydrogen) atoms. The van der Waals surface area contributed by atoms with Gasteiger partial charge in [0.15, 0.2) is 0 Å². The maximum Gasteiger partial charge on any atom is 0.291 e. The average Bonchev–Trinajstić information content (AvgIpc) is 3.47. The summed E-state index contributed by atoms with van der Waals surface area (Å²) in [6.45, 7) is 5.81. The van der Waals surface area contributed by atoms with Gasteiger partial charge in [-0.3, -0.25) is 14.0 Å². The fraction of sp³-hybridized carbons (Fsp3) is 0.444. The molecular formula is C27H33N5O2S. The molecule has 7 nitrogen and oxygen atoms in total. The Morgan fingerprint density at radius 3 is 2.71 bits per heavy atom. The monoisotopic (exact) mass is 491 g/mol. The van der Waals surface area contributed by atoms with Gasteiger partial charge in [0.25, 0.3) is 5.56 Å². The molecule has 1 N–H and O–H groups in total. The molecule has 1 fully saturated rings. The van der Waals surface area contributed by atoms with Crippen LogP contribution in [0, 0.1) is 5.92 Å². The van der Waals surface area contributed by atoms with Crippen LogP contribution in [0.25, 0.3) is 15.7 Å². The zero-order valence-electron chi connectivity index (χ0n) is 20.3. The lowest BCUT2D eigenvalue weighted by Crippen LogP contribution is -2.38. The number of fused-ring (bicyclic) bond motifs is 3. The van der Waals surface area contributed by atoms with Gasteiger partial charge in [0.1, 0.15) is 17.9 Å². The van der Waals surface area contributed by atoms with Crippen LogP contribution in [0.15, 0.2) is 52.6 Å². The molecule has 0 atom stereocenters. The minimum atomic E-state index is -0.223. The average molecular weight is 492 g/mol. The smallest absolute Gasteiger partial charge is 0.291 e. The lowest BCUT2D eigenvalue weighted by molar-refractivity contribution is -0.121. The van der Waals surface area contributed by atoms with Gasteiger partial charge in [0.05, 0.1) is 10.2 Å². The number of hydrogen-bond acceptors (Lipinski definition) is 5. The van der Waals surface area contributed by atoms with Crippen molar-refractivity contribution in [3.8, 4) is 0 Å². The third-order valence-corrected chi connectivity index (χ3v) is 7.88. The predicted octanol–water partition coefficient (Wildman–Crippen LogP) is 3.73. The van der Waals surface area contributed by atoms with E-state index in [9.17, 15) is 9.59 Å². The highest BCUT2D eigenvalue weighted by atomic mass is 32.1. The SMILES string of the molecule is CCc1nn(CC(=O)NCCCN2CCC(Cc3ccccc3)CC2)c(=O)c2cc3sccc3n12. The number of carbonyl (C=O) groups excluding carboxylic acids is 1. The molecule has 0 spiro atoms. The van der Waals surface area contributed by atoms with Crippen LogP contribution >= 0.6 is 11.3 Å². The van der Waals surface area contributed by atoms with E-state index >= 15 is 0 Å². The zero-order chi connectivity index (χ0) is 24.2. The highest BCUT2D eigenvalue weighted by molar-refractivity contribution is 7.17. The molecule has 0 aliphatic carbocycles. The van der Waals surface area contributed by atoms with Gasteiger partial charge in [-0.25, -0.2) is 4.68 Å². The van der Waals surface area contributed by atoms with Crippen molar-refractivity contribution in [2.24, 2.45) is 5.92 Å². The summed E-state index contributed by atoms with van der Waals surface area (Å²) in [7, 11) is 0. The molecule has 4 heterocycles. The summed E-state index contributed by atoms with van der Waals surface area (Å²) in [5.41, 5.74) is 2.80. The van der Waals surface area contributed by atoms with E-state index in [0.717, 1.165) is 48.0 Å². The third-order valence-electron chi connectivity index (χ3n) is 7.03. The number of benzene rings is 1. The number of aromatic nitrogens is 3. The largest absolute Gasteiger partial charge is 0.354 e. The molecule has 1 amide bonds. The quantitative estimate of drug-likeness (QED) is 0.362. The van der Waals surface area contributed by atoms with Crippen LogP contribution in [-0.2, 0) is 24.2 Å². The van der Waals surface area contributed by atoms with E-state index in [1.54, 1.807) is 11.3 Å². The van der Waals surface area contributed by atoms with E-state index in [-0.39, 0.29) is 18.0 Å². The Hall–Kier alpha value is -2.97. The predicted molar refractivity (Wildman–Crippen MR) is 141 cm³/mol.